The fourth-order valence-electron chi connectivity index (χ4n) is 2.38. The van der Waals surface area contributed by atoms with E-state index in [4.69, 9.17) is 8.94 Å². The van der Waals surface area contributed by atoms with Gasteiger partial charge in [0.05, 0.1) is 10.7 Å². The van der Waals surface area contributed by atoms with Crippen molar-refractivity contribution in [3.63, 3.8) is 0 Å². The SMILES string of the molecule is Cc1nc(C)c(-c2nnc(NC(=O)c3cc(-c4ccccc4)on3)o2)s1. The maximum absolute atomic E-state index is 12.3. The van der Waals surface area contributed by atoms with Crippen LogP contribution >= 0.6 is 11.3 Å². The van der Waals surface area contributed by atoms with E-state index in [9.17, 15) is 4.79 Å². The number of thiazole rings is 1. The van der Waals surface area contributed by atoms with Crippen molar-refractivity contribution in [3.05, 3.63) is 52.8 Å². The van der Waals surface area contributed by atoms with Crippen molar-refractivity contribution in [2.75, 3.05) is 5.32 Å². The summed E-state index contributed by atoms with van der Waals surface area (Å²) < 4.78 is 10.7. The third-order valence-corrected chi connectivity index (χ3v) is 4.61. The molecular formula is C17H13N5O3S. The predicted molar refractivity (Wildman–Crippen MR) is 94.8 cm³/mol. The molecule has 8 nitrogen and oxygen atoms in total. The Bertz CT molecular complexity index is 1070. The minimum Gasteiger partial charge on any atom is -0.402 e. The van der Waals surface area contributed by atoms with Crippen molar-refractivity contribution in [3.8, 4) is 22.1 Å². The zero-order valence-corrected chi connectivity index (χ0v) is 14.7. The number of aromatic nitrogens is 4. The van der Waals surface area contributed by atoms with Crippen LogP contribution < -0.4 is 5.32 Å². The van der Waals surface area contributed by atoms with E-state index in [1.807, 2.05) is 44.2 Å². The Labute approximate surface area is 151 Å². The largest absolute Gasteiger partial charge is 0.402 e. The first-order valence-electron chi connectivity index (χ1n) is 7.71. The Kier molecular flexibility index (Phi) is 4.05. The Balaban J connectivity index is 1.51. The molecule has 0 fully saturated rings. The monoisotopic (exact) mass is 367 g/mol. The summed E-state index contributed by atoms with van der Waals surface area (Å²) >= 11 is 1.45. The molecule has 0 saturated heterocycles. The van der Waals surface area contributed by atoms with E-state index in [0.29, 0.717) is 11.7 Å². The van der Waals surface area contributed by atoms with Crippen molar-refractivity contribution < 1.29 is 13.7 Å². The van der Waals surface area contributed by atoms with Gasteiger partial charge in [-0.15, -0.1) is 16.4 Å². The van der Waals surface area contributed by atoms with Crippen LogP contribution in [0.3, 0.4) is 0 Å². The Hall–Kier alpha value is -3.33. The van der Waals surface area contributed by atoms with Crippen molar-refractivity contribution in [1.82, 2.24) is 20.3 Å². The first-order chi connectivity index (χ1) is 12.6. The second kappa shape index (κ2) is 6.52. The molecule has 0 aliphatic carbocycles. The van der Waals surface area contributed by atoms with Crippen LogP contribution in [0.25, 0.3) is 22.1 Å². The number of carbonyl (C=O) groups excluding carboxylic acids is 1. The van der Waals surface area contributed by atoms with Gasteiger partial charge in [-0.2, -0.15) is 0 Å². The highest BCUT2D eigenvalue weighted by atomic mass is 32.1. The van der Waals surface area contributed by atoms with Gasteiger partial charge in [-0.3, -0.25) is 10.1 Å². The van der Waals surface area contributed by atoms with Crippen molar-refractivity contribution in [2.45, 2.75) is 13.8 Å². The maximum Gasteiger partial charge on any atom is 0.322 e. The minimum atomic E-state index is -0.497. The number of carbonyl (C=O) groups is 1. The van der Waals surface area contributed by atoms with Gasteiger partial charge in [0, 0.05) is 11.6 Å². The summed E-state index contributed by atoms with van der Waals surface area (Å²) in [6.45, 7) is 3.76. The van der Waals surface area contributed by atoms with Gasteiger partial charge in [-0.1, -0.05) is 40.6 Å². The molecule has 0 atom stereocenters. The third kappa shape index (κ3) is 3.11. The van der Waals surface area contributed by atoms with Crippen LogP contribution in [-0.2, 0) is 0 Å². The molecule has 4 rings (SSSR count). The molecule has 1 aromatic carbocycles. The Morgan fingerprint density at radius 3 is 2.69 bits per heavy atom. The third-order valence-electron chi connectivity index (χ3n) is 3.54. The van der Waals surface area contributed by atoms with Gasteiger partial charge in [0.15, 0.2) is 11.5 Å². The molecule has 1 amide bonds. The molecule has 3 aromatic heterocycles. The van der Waals surface area contributed by atoms with E-state index in [1.54, 1.807) is 6.07 Å². The molecule has 3 heterocycles. The van der Waals surface area contributed by atoms with Gasteiger partial charge in [0.2, 0.25) is 0 Å². The predicted octanol–water partition coefficient (Wildman–Crippen LogP) is 3.72. The molecule has 9 heteroatoms. The van der Waals surface area contributed by atoms with Gasteiger partial charge in [-0.05, 0) is 13.8 Å². The molecule has 0 spiro atoms. The molecule has 130 valence electrons. The second-order valence-corrected chi connectivity index (χ2v) is 6.66. The first-order valence-corrected chi connectivity index (χ1v) is 8.53. The van der Waals surface area contributed by atoms with Crippen LogP contribution in [0.1, 0.15) is 21.2 Å². The zero-order chi connectivity index (χ0) is 18.1. The summed E-state index contributed by atoms with van der Waals surface area (Å²) in [7, 11) is 0. The fraction of sp³-hybridized carbons (Fsp3) is 0.118. The van der Waals surface area contributed by atoms with Gasteiger partial charge >= 0.3 is 6.01 Å². The van der Waals surface area contributed by atoms with E-state index >= 15 is 0 Å². The lowest BCUT2D eigenvalue weighted by Crippen LogP contribution is -2.12. The van der Waals surface area contributed by atoms with E-state index in [1.165, 1.54) is 11.3 Å². The summed E-state index contributed by atoms with van der Waals surface area (Å²) in [6.07, 6.45) is 0. The lowest BCUT2D eigenvalue weighted by molar-refractivity contribution is 0.101. The number of aryl methyl sites for hydroxylation is 2. The summed E-state index contributed by atoms with van der Waals surface area (Å²) in [6, 6.07) is 10.9. The second-order valence-electron chi connectivity index (χ2n) is 5.46. The highest BCUT2D eigenvalue weighted by Crippen LogP contribution is 2.29. The molecule has 26 heavy (non-hydrogen) atoms. The van der Waals surface area contributed by atoms with E-state index in [2.05, 4.69) is 25.7 Å². The number of benzene rings is 1. The number of amides is 1. The van der Waals surface area contributed by atoms with Crippen molar-refractivity contribution >= 4 is 23.3 Å². The first kappa shape index (κ1) is 16.2. The topological polar surface area (TPSA) is 107 Å². The zero-order valence-electron chi connectivity index (χ0n) is 13.9. The Morgan fingerprint density at radius 1 is 1.15 bits per heavy atom. The molecular weight excluding hydrogens is 354 g/mol. The number of nitrogens with one attached hydrogen (secondary N) is 1. The van der Waals surface area contributed by atoms with Crippen LogP contribution in [0.15, 0.2) is 45.3 Å². The molecule has 4 aromatic rings. The minimum absolute atomic E-state index is 0.0142. The van der Waals surface area contributed by atoms with E-state index in [-0.39, 0.29) is 11.7 Å². The fourth-order valence-corrected chi connectivity index (χ4v) is 3.22. The molecule has 0 aliphatic heterocycles. The summed E-state index contributed by atoms with van der Waals surface area (Å²) in [4.78, 5) is 17.4. The summed E-state index contributed by atoms with van der Waals surface area (Å²) in [5.74, 6) is 0.314. The molecule has 0 bridgehead atoms. The van der Waals surface area contributed by atoms with Gasteiger partial charge in [-0.25, -0.2) is 4.98 Å². The standard InChI is InChI=1S/C17H13N5O3S/c1-9-14(26-10(2)18-9)16-20-21-17(24-16)19-15(23)12-8-13(25-22-12)11-6-4-3-5-7-11/h3-8H,1-2H3,(H,19,21,23). The van der Waals surface area contributed by atoms with Crippen LogP contribution in [-0.4, -0.2) is 26.2 Å². The normalized spacial score (nSPS) is 10.8. The lowest BCUT2D eigenvalue weighted by atomic mass is 10.1. The number of anilines is 1. The Morgan fingerprint density at radius 2 is 1.96 bits per heavy atom. The van der Waals surface area contributed by atoms with Crippen molar-refractivity contribution in [1.29, 1.82) is 0 Å². The average Bonchev–Trinajstić information content (AvgIpc) is 3.35. The molecule has 0 aliphatic rings. The van der Waals surface area contributed by atoms with Crippen LogP contribution in [0.4, 0.5) is 6.01 Å². The van der Waals surface area contributed by atoms with Gasteiger partial charge < -0.3 is 8.94 Å². The highest BCUT2D eigenvalue weighted by molar-refractivity contribution is 7.15. The average molecular weight is 367 g/mol. The number of hydrogen-bond donors (Lipinski definition) is 1. The molecule has 0 unspecified atom stereocenters. The van der Waals surface area contributed by atoms with Crippen LogP contribution in [0.2, 0.25) is 0 Å². The highest BCUT2D eigenvalue weighted by Gasteiger charge is 2.19. The number of hydrogen-bond acceptors (Lipinski definition) is 8. The van der Waals surface area contributed by atoms with Crippen molar-refractivity contribution in [2.24, 2.45) is 0 Å². The van der Waals surface area contributed by atoms with E-state index < -0.39 is 5.91 Å². The number of rotatable bonds is 4. The van der Waals surface area contributed by atoms with Crippen LogP contribution in [0, 0.1) is 13.8 Å². The summed E-state index contributed by atoms with van der Waals surface area (Å²) in [5.41, 5.74) is 1.75. The lowest BCUT2D eigenvalue weighted by Gasteiger charge is -1.95. The van der Waals surface area contributed by atoms with Gasteiger partial charge in [0.1, 0.15) is 4.88 Å². The van der Waals surface area contributed by atoms with Gasteiger partial charge in [0.25, 0.3) is 11.8 Å². The van der Waals surface area contributed by atoms with E-state index in [0.717, 1.165) is 21.1 Å². The number of nitrogens with zero attached hydrogens (tertiary/aromatic N) is 4. The molecule has 0 saturated carbocycles. The molecule has 0 radical (unpaired) electrons. The molecule has 1 N–H and O–H groups in total. The maximum atomic E-state index is 12.3. The van der Waals surface area contributed by atoms with Crippen LogP contribution in [0.5, 0.6) is 0 Å². The quantitative estimate of drug-likeness (QED) is 0.586. The smallest absolute Gasteiger partial charge is 0.322 e. The summed E-state index contributed by atoms with van der Waals surface area (Å²) in [5, 5.41) is 15.0.